The van der Waals surface area contributed by atoms with Crippen LogP contribution in [0.15, 0.2) is 41.5 Å². The van der Waals surface area contributed by atoms with Crippen molar-refractivity contribution < 1.29 is 0 Å². The molecule has 148 valence electrons. The zero-order valence-corrected chi connectivity index (χ0v) is 16.9. The van der Waals surface area contributed by atoms with Gasteiger partial charge in [0.15, 0.2) is 11.5 Å². The highest BCUT2D eigenvalue weighted by Crippen LogP contribution is 2.24. The minimum Gasteiger partial charge on any atom is -0.380 e. The summed E-state index contributed by atoms with van der Waals surface area (Å²) in [5, 5.41) is 15.4. The molecule has 1 saturated heterocycles. The lowest BCUT2D eigenvalue weighted by atomic mass is 10.1. The molecule has 1 fully saturated rings. The van der Waals surface area contributed by atoms with E-state index in [1.54, 1.807) is 30.3 Å². The number of nitrogens with zero attached hydrogens (tertiary/aromatic N) is 5. The van der Waals surface area contributed by atoms with Crippen LogP contribution in [0.1, 0.15) is 12.8 Å². The first-order valence-corrected chi connectivity index (χ1v) is 9.19. The van der Waals surface area contributed by atoms with E-state index in [-0.39, 0.29) is 24.0 Å². The van der Waals surface area contributed by atoms with E-state index in [9.17, 15) is 4.79 Å². The number of aromatic nitrogens is 5. The Kier molecular flexibility index (Phi) is 6.33. The Morgan fingerprint density at radius 2 is 1.93 bits per heavy atom. The smallest absolute Gasteiger partial charge is 0.273 e. The first kappa shape index (κ1) is 20.3. The maximum Gasteiger partial charge on any atom is 0.273 e. The normalized spacial score (nSPS) is 15.2. The van der Waals surface area contributed by atoms with E-state index in [2.05, 4.69) is 37.5 Å². The van der Waals surface area contributed by atoms with E-state index in [4.69, 9.17) is 11.6 Å². The minimum absolute atomic E-state index is 0. The number of halogens is 2. The third-order valence-electron chi connectivity index (χ3n) is 4.72. The van der Waals surface area contributed by atoms with Crippen LogP contribution in [-0.2, 0) is 0 Å². The SMILES string of the molecule is CN1CCC(Nc2cc(=O)n(-c3ccc(Cl)cc3)nc2-c2ncn[nH]2)CC1.Cl. The standard InChI is InChI=1S/C18H20ClN7O.ClH/c1-25-8-6-13(7-9-25)22-15-10-16(27)26(14-4-2-12(19)3-5-14)24-17(15)18-20-11-21-23-18;/h2-5,10-11,13,22H,6-9H2,1H3,(H,20,21,23);1H. The average molecular weight is 422 g/mol. The van der Waals surface area contributed by atoms with E-state index >= 15 is 0 Å². The van der Waals surface area contributed by atoms with E-state index in [1.807, 2.05) is 0 Å². The van der Waals surface area contributed by atoms with Crippen LogP contribution in [0, 0.1) is 0 Å². The van der Waals surface area contributed by atoms with Crippen molar-refractivity contribution in [2.24, 2.45) is 0 Å². The maximum absolute atomic E-state index is 12.7. The highest BCUT2D eigenvalue weighted by molar-refractivity contribution is 6.30. The fourth-order valence-electron chi connectivity index (χ4n) is 3.20. The zero-order valence-electron chi connectivity index (χ0n) is 15.3. The highest BCUT2D eigenvalue weighted by Gasteiger charge is 2.20. The first-order chi connectivity index (χ1) is 13.1. The van der Waals surface area contributed by atoms with Gasteiger partial charge in [0.05, 0.1) is 11.4 Å². The van der Waals surface area contributed by atoms with Crippen LogP contribution in [0.25, 0.3) is 17.2 Å². The molecule has 3 aromatic rings. The number of hydrogen-bond acceptors (Lipinski definition) is 6. The van der Waals surface area contributed by atoms with Gasteiger partial charge in [-0.3, -0.25) is 9.89 Å². The Labute approximate surface area is 173 Å². The fraction of sp³-hybridized carbons (Fsp3) is 0.333. The number of likely N-dealkylation sites (tertiary alicyclic amines) is 1. The Morgan fingerprint density at radius 1 is 1.21 bits per heavy atom. The molecular formula is C18H21Cl2N7O. The van der Waals surface area contributed by atoms with Gasteiger partial charge in [-0.15, -0.1) is 12.4 Å². The maximum atomic E-state index is 12.7. The monoisotopic (exact) mass is 421 g/mol. The van der Waals surface area contributed by atoms with Gasteiger partial charge >= 0.3 is 0 Å². The predicted molar refractivity (Wildman–Crippen MR) is 112 cm³/mol. The van der Waals surface area contributed by atoms with Gasteiger partial charge in [0.25, 0.3) is 5.56 Å². The lowest BCUT2D eigenvalue weighted by Crippen LogP contribution is -2.37. The Hall–Kier alpha value is -2.42. The van der Waals surface area contributed by atoms with Gasteiger partial charge < -0.3 is 10.2 Å². The van der Waals surface area contributed by atoms with Crippen LogP contribution in [0.2, 0.25) is 5.02 Å². The number of anilines is 1. The second kappa shape index (κ2) is 8.72. The summed E-state index contributed by atoms with van der Waals surface area (Å²) in [6.45, 7) is 2.04. The molecule has 2 N–H and O–H groups in total. The van der Waals surface area contributed by atoms with Gasteiger partial charge in [-0.2, -0.15) is 14.9 Å². The molecule has 0 radical (unpaired) electrons. The molecule has 0 unspecified atom stereocenters. The quantitative estimate of drug-likeness (QED) is 0.672. The van der Waals surface area contributed by atoms with Gasteiger partial charge in [0.1, 0.15) is 6.33 Å². The molecule has 1 aliphatic heterocycles. The number of rotatable bonds is 4. The van der Waals surface area contributed by atoms with Crippen molar-refractivity contribution in [2.45, 2.75) is 18.9 Å². The van der Waals surface area contributed by atoms with Crippen molar-refractivity contribution in [3.8, 4) is 17.2 Å². The summed E-state index contributed by atoms with van der Waals surface area (Å²) in [6.07, 6.45) is 3.44. The van der Waals surface area contributed by atoms with Crippen molar-refractivity contribution in [3.63, 3.8) is 0 Å². The average Bonchev–Trinajstić information content (AvgIpc) is 3.19. The number of nitrogens with one attached hydrogen (secondary N) is 2. The predicted octanol–water partition coefficient (Wildman–Crippen LogP) is 2.60. The molecule has 4 rings (SSSR count). The largest absolute Gasteiger partial charge is 0.380 e. The zero-order chi connectivity index (χ0) is 18.8. The van der Waals surface area contributed by atoms with E-state index in [0.717, 1.165) is 25.9 Å². The van der Waals surface area contributed by atoms with Crippen molar-refractivity contribution in [3.05, 3.63) is 52.0 Å². The highest BCUT2D eigenvalue weighted by atomic mass is 35.5. The summed E-state index contributed by atoms with van der Waals surface area (Å²) < 4.78 is 1.34. The minimum atomic E-state index is -0.226. The topological polar surface area (TPSA) is 91.7 Å². The number of benzene rings is 1. The van der Waals surface area contributed by atoms with Crippen LogP contribution in [0.5, 0.6) is 0 Å². The second-order valence-corrected chi connectivity index (χ2v) is 7.13. The number of piperidine rings is 1. The molecule has 0 spiro atoms. The van der Waals surface area contributed by atoms with Gasteiger partial charge in [-0.25, -0.2) is 4.98 Å². The van der Waals surface area contributed by atoms with Gasteiger partial charge in [-0.05, 0) is 57.2 Å². The van der Waals surface area contributed by atoms with Crippen LogP contribution >= 0.6 is 24.0 Å². The summed E-state index contributed by atoms with van der Waals surface area (Å²) in [5.41, 5.74) is 1.63. The molecule has 8 nitrogen and oxygen atoms in total. The molecule has 0 bridgehead atoms. The van der Waals surface area contributed by atoms with Gasteiger partial charge in [0.2, 0.25) is 0 Å². The fourth-order valence-corrected chi connectivity index (χ4v) is 3.33. The summed E-state index contributed by atoms with van der Waals surface area (Å²) in [7, 11) is 2.12. The van der Waals surface area contributed by atoms with Crippen molar-refractivity contribution in [2.75, 3.05) is 25.5 Å². The molecule has 28 heavy (non-hydrogen) atoms. The Morgan fingerprint density at radius 3 is 2.57 bits per heavy atom. The Balaban J connectivity index is 0.00000225. The molecule has 0 amide bonds. The lowest BCUT2D eigenvalue weighted by Gasteiger charge is -2.30. The number of aromatic amines is 1. The Bertz CT molecular complexity index is 965. The summed E-state index contributed by atoms with van der Waals surface area (Å²) in [4.78, 5) is 19.2. The van der Waals surface area contributed by atoms with Crippen LogP contribution in [-0.4, -0.2) is 56.0 Å². The van der Waals surface area contributed by atoms with Crippen LogP contribution in [0.4, 0.5) is 5.69 Å². The van der Waals surface area contributed by atoms with Crippen LogP contribution in [0.3, 0.4) is 0 Å². The first-order valence-electron chi connectivity index (χ1n) is 8.81. The van der Waals surface area contributed by atoms with Crippen LogP contribution < -0.4 is 10.9 Å². The molecule has 1 aliphatic rings. The molecule has 3 heterocycles. The van der Waals surface area contributed by atoms with Crippen molar-refractivity contribution in [1.29, 1.82) is 0 Å². The van der Waals surface area contributed by atoms with Gasteiger partial charge in [0, 0.05) is 17.1 Å². The van der Waals surface area contributed by atoms with Crippen molar-refractivity contribution >= 4 is 29.7 Å². The molecule has 2 aromatic heterocycles. The third-order valence-corrected chi connectivity index (χ3v) is 4.97. The molecule has 1 aromatic carbocycles. The van der Waals surface area contributed by atoms with Crippen molar-refractivity contribution in [1.82, 2.24) is 29.9 Å². The number of hydrogen-bond donors (Lipinski definition) is 2. The molecule has 0 aliphatic carbocycles. The second-order valence-electron chi connectivity index (χ2n) is 6.69. The lowest BCUT2D eigenvalue weighted by molar-refractivity contribution is 0.264. The molecule has 0 atom stereocenters. The number of H-pyrrole nitrogens is 1. The van der Waals surface area contributed by atoms with Gasteiger partial charge in [-0.1, -0.05) is 11.6 Å². The molecular weight excluding hydrogens is 401 g/mol. The summed E-state index contributed by atoms with van der Waals surface area (Å²) >= 11 is 5.95. The van der Waals surface area contributed by atoms with E-state index in [1.165, 1.54) is 11.0 Å². The van der Waals surface area contributed by atoms with E-state index in [0.29, 0.717) is 27.9 Å². The third kappa shape index (κ3) is 4.35. The molecule has 10 heteroatoms. The summed E-state index contributed by atoms with van der Waals surface area (Å²) in [6, 6.07) is 8.82. The van der Waals surface area contributed by atoms with E-state index < -0.39 is 0 Å². The summed E-state index contributed by atoms with van der Waals surface area (Å²) in [5.74, 6) is 0.508. The molecule has 0 saturated carbocycles.